The zero-order valence-corrected chi connectivity index (χ0v) is 14.8. The second kappa shape index (κ2) is 7.79. The van der Waals surface area contributed by atoms with Crippen LogP contribution >= 0.6 is 11.3 Å². The second-order valence-electron chi connectivity index (χ2n) is 5.54. The lowest BCUT2D eigenvalue weighted by Crippen LogP contribution is -2.06. The van der Waals surface area contributed by atoms with Gasteiger partial charge in [0.2, 0.25) is 5.95 Å². The minimum Gasteiger partial charge on any atom is -0.492 e. The summed E-state index contributed by atoms with van der Waals surface area (Å²) in [5, 5.41) is 5.27. The molecule has 6 nitrogen and oxygen atoms in total. The third kappa shape index (κ3) is 4.07. The van der Waals surface area contributed by atoms with Crippen molar-refractivity contribution in [1.82, 2.24) is 19.5 Å². The fourth-order valence-corrected chi connectivity index (χ4v) is 3.16. The molecule has 7 heteroatoms. The third-order valence-electron chi connectivity index (χ3n) is 3.70. The molecule has 26 heavy (non-hydrogen) atoms. The second-order valence-corrected chi connectivity index (χ2v) is 6.49. The highest BCUT2D eigenvalue weighted by Gasteiger charge is 2.04. The maximum atomic E-state index is 5.81. The maximum Gasteiger partial charge on any atom is 0.227 e. The monoisotopic (exact) mass is 363 g/mol. The van der Waals surface area contributed by atoms with Crippen molar-refractivity contribution in [3.05, 3.63) is 72.8 Å². The van der Waals surface area contributed by atoms with Gasteiger partial charge in [0, 0.05) is 30.3 Å². The molecular formula is C19H17N5OS. The number of hydrogen-bond donors (Lipinski definition) is 1. The number of hydrogen-bond acceptors (Lipinski definition) is 6. The Morgan fingerprint density at radius 1 is 1.12 bits per heavy atom. The van der Waals surface area contributed by atoms with Gasteiger partial charge in [-0.15, -0.1) is 11.3 Å². The van der Waals surface area contributed by atoms with Gasteiger partial charge in [0.1, 0.15) is 12.4 Å². The van der Waals surface area contributed by atoms with Crippen LogP contribution in [0.4, 0.5) is 11.6 Å². The van der Waals surface area contributed by atoms with Crippen LogP contribution in [0.25, 0.3) is 10.6 Å². The third-order valence-corrected chi connectivity index (χ3v) is 4.59. The molecule has 4 aromatic rings. The summed E-state index contributed by atoms with van der Waals surface area (Å²) >= 11 is 1.66. The van der Waals surface area contributed by atoms with Crippen molar-refractivity contribution in [1.29, 1.82) is 0 Å². The molecule has 0 unspecified atom stereocenters. The van der Waals surface area contributed by atoms with E-state index in [2.05, 4.69) is 20.3 Å². The summed E-state index contributed by atoms with van der Waals surface area (Å²) in [6.07, 6.45) is 7.21. The van der Waals surface area contributed by atoms with E-state index in [4.69, 9.17) is 4.74 Å². The highest BCUT2D eigenvalue weighted by Crippen LogP contribution is 2.24. The molecule has 0 aliphatic heterocycles. The molecular weight excluding hydrogens is 346 g/mol. The summed E-state index contributed by atoms with van der Waals surface area (Å²) in [5.74, 6) is 1.36. The molecule has 0 bridgehead atoms. The number of imidazole rings is 1. The van der Waals surface area contributed by atoms with Gasteiger partial charge in [-0.25, -0.2) is 15.0 Å². The van der Waals surface area contributed by atoms with Crippen LogP contribution in [0.3, 0.4) is 0 Å². The van der Waals surface area contributed by atoms with Crippen LogP contribution < -0.4 is 10.1 Å². The van der Waals surface area contributed by atoms with Gasteiger partial charge in [-0.3, -0.25) is 0 Å². The topological polar surface area (TPSA) is 64.9 Å². The first-order valence-electron chi connectivity index (χ1n) is 8.19. The van der Waals surface area contributed by atoms with E-state index in [-0.39, 0.29) is 0 Å². The van der Waals surface area contributed by atoms with E-state index in [1.165, 1.54) is 0 Å². The van der Waals surface area contributed by atoms with E-state index < -0.39 is 0 Å². The molecule has 0 spiro atoms. The van der Waals surface area contributed by atoms with Crippen molar-refractivity contribution < 1.29 is 4.74 Å². The largest absolute Gasteiger partial charge is 0.492 e. The van der Waals surface area contributed by atoms with Gasteiger partial charge in [-0.2, -0.15) is 0 Å². The zero-order chi connectivity index (χ0) is 17.6. The lowest BCUT2D eigenvalue weighted by Gasteiger charge is -2.10. The summed E-state index contributed by atoms with van der Waals surface area (Å²) < 4.78 is 7.79. The predicted octanol–water partition coefficient (Wildman–Crippen LogP) is 4.22. The Labute approximate surface area is 155 Å². The summed E-state index contributed by atoms with van der Waals surface area (Å²) in [6.45, 7) is 1.33. The first-order valence-corrected chi connectivity index (χ1v) is 9.07. The average Bonchev–Trinajstić information content (AvgIpc) is 3.37. The summed E-state index contributed by atoms with van der Waals surface area (Å²) in [5.41, 5.74) is 1.79. The van der Waals surface area contributed by atoms with Gasteiger partial charge in [0.05, 0.1) is 23.4 Å². The van der Waals surface area contributed by atoms with Gasteiger partial charge in [0.25, 0.3) is 0 Å². The van der Waals surface area contributed by atoms with Crippen molar-refractivity contribution in [2.24, 2.45) is 0 Å². The number of thiophene rings is 1. The van der Waals surface area contributed by atoms with Gasteiger partial charge in [0.15, 0.2) is 0 Å². The minimum atomic E-state index is 0.562. The number of ether oxygens (including phenoxy) is 1. The molecule has 0 aliphatic carbocycles. The first-order chi connectivity index (χ1) is 12.9. The summed E-state index contributed by atoms with van der Waals surface area (Å²) in [6, 6.07) is 13.7. The van der Waals surface area contributed by atoms with Crippen molar-refractivity contribution in [3.8, 4) is 16.3 Å². The fourth-order valence-electron chi connectivity index (χ4n) is 2.46. The molecule has 3 heterocycles. The first kappa shape index (κ1) is 16.3. The van der Waals surface area contributed by atoms with E-state index >= 15 is 0 Å². The Morgan fingerprint density at radius 3 is 2.96 bits per heavy atom. The highest BCUT2D eigenvalue weighted by atomic mass is 32.1. The fraction of sp³-hybridized carbons (Fsp3) is 0.105. The Hall–Kier alpha value is -3.19. The summed E-state index contributed by atoms with van der Waals surface area (Å²) in [4.78, 5) is 14.0. The molecule has 130 valence electrons. The van der Waals surface area contributed by atoms with Crippen LogP contribution in [0.5, 0.6) is 5.75 Å². The number of aromatic nitrogens is 4. The van der Waals surface area contributed by atoms with Gasteiger partial charge in [-0.05, 0) is 29.6 Å². The van der Waals surface area contributed by atoms with E-state index in [1.807, 2.05) is 58.6 Å². The number of nitrogens with one attached hydrogen (secondary N) is 1. The van der Waals surface area contributed by atoms with E-state index in [0.717, 1.165) is 28.6 Å². The smallest absolute Gasteiger partial charge is 0.227 e. The molecule has 3 aromatic heterocycles. The van der Waals surface area contributed by atoms with Crippen LogP contribution in [0.2, 0.25) is 0 Å². The maximum absolute atomic E-state index is 5.81. The number of rotatable bonds is 7. The Bertz CT molecular complexity index is 954. The Kier molecular flexibility index (Phi) is 4.88. The molecule has 4 rings (SSSR count). The van der Waals surface area contributed by atoms with Crippen molar-refractivity contribution in [3.63, 3.8) is 0 Å². The van der Waals surface area contributed by atoms with Crippen LogP contribution in [0.15, 0.2) is 72.8 Å². The minimum absolute atomic E-state index is 0.562. The Morgan fingerprint density at radius 2 is 2.12 bits per heavy atom. The Balaban J connectivity index is 1.41. The van der Waals surface area contributed by atoms with Crippen molar-refractivity contribution in [2.75, 3.05) is 11.9 Å². The van der Waals surface area contributed by atoms with Crippen LogP contribution in [-0.4, -0.2) is 26.1 Å². The molecule has 1 N–H and O–H groups in total. The van der Waals surface area contributed by atoms with Crippen LogP contribution in [0.1, 0.15) is 0 Å². The van der Waals surface area contributed by atoms with Gasteiger partial charge in [-0.1, -0.05) is 12.1 Å². The lowest BCUT2D eigenvalue weighted by atomic mass is 10.3. The molecule has 0 saturated carbocycles. The van der Waals surface area contributed by atoms with E-state index in [0.29, 0.717) is 12.6 Å². The van der Waals surface area contributed by atoms with Crippen LogP contribution in [0, 0.1) is 0 Å². The average molecular weight is 363 g/mol. The normalized spacial score (nSPS) is 10.6. The van der Waals surface area contributed by atoms with Crippen LogP contribution in [-0.2, 0) is 6.54 Å². The SMILES string of the molecule is c1cc(Nc2nccc(-c3cccs3)n2)cc(OCCn2ccnc2)c1. The van der Waals surface area contributed by atoms with Gasteiger partial charge < -0.3 is 14.6 Å². The molecule has 0 radical (unpaired) electrons. The lowest BCUT2D eigenvalue weighted by molar-refractivity contribution is 0.298. The molecule has 1 aromatic carbocycles. The number of anilines is 2. The number of nitrogens with zero attached hydrogens (tertiary/aromatic N) is 4. The molecule has 0 aliphatic rings. The summed E-state index contributed by atoms with van der Waals surface area (Å²) in [7, 11) is 0. The zero-order valence-electron chi connectivity index (χ0n) is 13.9. The van der Waals surface area contributed by atoms with Crippen molar-refractivity contribution >= 4 is 23.0 Å². The van der Waals surface area contributed by atoms with E-state index in [9.17, 15) is 0 Å². The molecule has 0 amide bonds. The van der Waals surface area contributed by atoms with Gasteiger partial charge >= 0.3 is 0 Å². The number of benzene rings is 1. The van der Waals surface area contributed by atoms with E-state index in [1.54, 1.807) is 30.1 Å². The standard InChI is InChI=1S/C19H17N5OS/c1-3-15(13-16(4-1)25-11-10-24-9-8-20-14-24)22-19-21-7-6-17(23-19)18-5-2-12-26-18/h1-9,12-14H,10-11H2,(H,21,22,23). The quantitative estimate of drug-likeness (QED) is 0.532. The highest BCUT2D eigenvalue weighted by molar-refractivity contribution is 7.13. The predicted molar refractivity (Wildman–Crippen MR) is 103 cm³/mol. The van der Waals surface area contributed by atoms with Crippen molar-refractivity contribution in [2.45, 2.75) is 6.54 Å². The molecule has 0 atom stereocenters. The molecule has 0 saturated heterocycles. The molecule has 0 fully saturated rings.